The van der Waals surface area contributed by atoms with Crippen LogP contribution < -0.4 is 0 Å². The van der Waals surface area contributed by atoms with Gasteiger partial charge in [0.15, 0.2) is 11.5 Å². The minimum atomic E-state index is -1.12. The van der Waals surface area contributed by atoms with E-state index in [9.17, 15) is 9.90 Å². The van der Waals surface area contributed by atoms with E-state index in [1.165, 1.54) is 0 Å². The van der Waals surface area contributed by atoms with E-state index in [1.54, 1.807) is 10.6 Å². The molecule has 3 rings (SSSR count). The number of hydrogen-bond donors (Lipinski definition) is 1. The topological polar surface area (TPSA) is 79.3 Å². The van der Waals surface area contributed by atoms with Crippen molar-refractivity contribution in [3.8, 4) is 0 Å². The molecule has 1 N–H and O–H groups in total. The zero-order chi connectivity index (χ0) is 15.7. The van der Waals surface area contributed by atoms with Gasteiger partial charge in [-0.1, -0.05) is 23.8 Å². The molecule has 0 spiro atoms. The summed E-state index contributed by atoms with van der Waals surface area (Å²) < 4.78 is 1.64. The molecule has 0 saturated heterocycles. The summed E-state index contributed by atoms with van der Waals surface area (Å²) in [6.07, 6.45) is 1.73. The molecule has 6 nitrogen and oxygen atoms in total. The van der Waals surface area contributed by atoms with E-state index in [0.29, 0.717) is 11.3 Å². The van der Waals surface area contributed by atoms with E-state index in [2.05, 4.69) is 15.2 Å². The number of rotatable bonds is 3. The number of carbonyl (C=O) groups is 1. The van der Waals surface area contributed by atoms with E-state index >= 15 is 0 Å². The van der Waals surface area contributed by atoms with E-state index in [-0.39, 0.29) is 11.5 Å². The minimum Gasteiger partial charge on any atom is -0.476 e. The van der Waals surface area contributed by atoms with Crippen molar-refractivity contribution in [2.45, 2.75) is 13.8 Å². The Morgan fingerprint density at radius 2 is 1.86 bits per heavy atom. The molecule has 0 fully saturated rings. The van der Waals surface area contributed by atoms with Crippen LogP contribution in [-0.4, -0.2) is 20.5 Å². The van der Waals surface area contributed by atoms with Gasteiger partial charge in [0, 0.05) is 6.20 Å². The monoisotopic (exact) mass is 294 g/mol. The number of aryl methyl sites for hydroxylation is 2. The molecule has 3 aromatic rings. The molecule has 0 aliphatic heterocycles. The van der Waals surface area contributed by atoms with Crippen LogP contribution in [0.25, 0.3) is 5.65 Å². The standard InChI is InChI=1S/C16H14N4O2/c1-10-5-7-12(8-6-10)18-19-15-13(16(21)22)17-14-11(2)4-3-9-20(14)15/h3-9H,1-2H3,(H,21,22). The lowest BCUT2D eigenvalue weighted by Gasteiger charge is -1.98. The average molecular weight is 294 g/mol. The molecule has 0 aliphatic carbocycles. The summed E-state index contributed by atoms with van der Waals surface area (Å²) >= 11 is 0. The lowest BCUT2D eigenvalue weighted by molar-refractivity contribution is 0.0692. The van der Waals surface area contributed by atoms with Crippen LogP contribution in [0.2, 0.25) is 0 Å². The van der Waals surface area contributed by atoms with E-state index in [1.807, 2.05) is 50.2 Å². The maximum Gasteiger partial charge on any atom is 0.358 e. The van der Waals surface area contributed by atoms with E-state index in [0.717, 1.165) is 11.1 Å². The lowest BCUT2D eigenvalue weighted by atomic mass is 10.2. The molecule has 6 heteroatoms. The third-order valence-corrected chi connectivity index (χ3v) is 3.32. The first kappa shape index (κ1) is 13.9. The summed E-state index contributed by atoms with van der Waals surface area (Å²) in [5.41, 5.74) is 3.12. The smallest absolute Gasteiger partial charge is 0.358 e. The van der Waals surface area contributed by atoms with Crippen LogP contribution >= 0.6 is 0 Å². The van der Waals surface area contributed by atoms with Crippen molar-refractivity contribution in [3.63, 3.8) is 0 Å². The maximum atomic E-state index is 11.4. The second kappa shape index (κ2) is 5.40. The quantitative estimate of drug-likeness (QED) is 0.739. The number of aromatic nitrogens is 2. The van der Waals surface area contributed by atoms with Crippen molar-refractivity contribution in [1.29, 1.82) is 0 Å². The zero-order valence-corrected chi connectivity index (χ0v) is 12.2. The number of aromatic carboxylic acids is 1. The van der Waals surface area contributed by atoms with Crippen molar-refractivity contribution < 1.29 is 9.90 Å². The van der Waals surface area contributed by atoms with Crippen molar-refractivity contribution in [1.82, 2.24) is 9.38 Å². The Bertz CT molecular complexity index is 879. The van der Waals surface area contributed by atoms with Crippen LogP contribution in [0.1, 0.15) is 21.6 Å². The summed E-state index contributed by atoms with van der Waals surface area (Å²) in [5, 5.41) is 17.5. The fourth-order valence-corrected chi connectivity index (χ4v) is 2.15. The predicted octanol–water partition coefficient (Wildman–Crippen LogP) is 4.06. The molecule has 0 radical (unpaired) electrons. The summed E-state index contributed by atoms with van der Waals surface area (Å²) in [7, 11) is 0. The van der Waals surface area contributed by atoms with Crippen LogP contribution in [0.15, 0.2) is 52.8 Å². The summed E-state index contributed by atoms with van der Waals surface area (Å²) in [5.74, 6) is -0.910. The van der Waals surface area contributed by atoms with Gasteiger partial charge in [-0.05, 0) is 37.6 Å². The molecule has 22 heavy (non-hydrogen) atoms. The van der Waals surface area contributed by atoms with Crippen molar-refractivity contribution in [2.75, 3.05) is 0 Å². The number of nitrogens with zero attached hydrogens (tertiary/aromatic N) is 4. The molecule has 0 unspecified atom stereocenters. The molecule has 2 heterocycles. The number of carboxylic acids is 1. The highest BCUT2D eigenvalue weighted by atomic mass is 16.4. The highest BCUT2D eigenvalue weighted by Crippen LogP contribution is 2.25. The number of imidazole rings is 1. The molecular formula is C16H14N4O2. The average Bonchev–Trinajstić information content (AvgIpc) is 2.87. The highest BCUT2D eigenvalue weighted by Gasteiger charge is 2.19. The molecule has 2 aromatic heterocycles. The molecule has 0 bridgehead atoms. The number of azo groups is 1. The fourth-order valence-electron chi connectivity index (χ4n) is 2.15. The van der Waals surface area contributed by atoms with Crippen LogP contribution in [0, 0.1) is 13.8 Å². The van der Waals surface area contributed by atoms with Crippen LogP contribution in [0.3, 0.4) is 0 Å². The van der Waals surface area contributed by atoms with Crippen LogP contribution in [-0.2, 0) is 0 Å². The van der Waals surface area contributed by atoms with Gasteiger partial charge in [0.05, 0.1) is 5.69 Å². The first-order valence-corrected chi connectivity index (χ1v) is 6.75. The second-order valence-corrected chi connectivity index (χ2v) is 5.01. The molecule has 0 amide bonds. The molecular weight excluding hydrogens is 280 g/mol. The second-order valence-electron chi connectivity index (χ2n) is 5.01. The maximum absolute atomic E-state index is 11.4. The first-order chi connectivity index (χ1) is 10.6. The van der Waals surface area contributed by atoms with Gasteiger partial charge in [0.1, 0.15) is 5.65 Å². The van der Waals surface area contributed by atoms with E-state index < -0.39 is 5.97 Å². The normalized spacial score (nSPS) is 11.4. The van der Waals surface area contributed by atoms with Gasteiger partial charge < -0.3 is 5.11 Å². The third-order valence-electron chi connectivity index (χ3n) is 3.32. The van der Waals surface area contributed by atoms with Gasteiger partial charge in [0.2, 0.25) is 0 Å². The summed E-state index contributed by atoms with van der Waals surface area (Å²) in [4.78, 5) is 15.5. The van der Waals surface area contributed by atoms with Gasteiger partial charge in [-0.3, -0.25) is 4.40 Å². The molecule has 110 valence electrons. The Labute approximate surface area is 126 Å². The van der Waals surface area contributed by atoms with Crippen molar-refractivity contribution in [2.24, 2.45) is 10.2 Å². The molecule has 0 saturated carbocycles. The number of pyridine rings is 1. The van der Waals surface area contributed by atoms with Gasteiger partial charge in [-0.2, -0.15) is 0 Å². The molecule has 0 atom stereocenters. The minimum absolute atomic E-state index is 0.106. The Morgan fingerprint density at radius 3 is 2.55 bits per heavy atom. The van der Waals surface area contributed by atoms with Crippen LogP contribution in [0.5, 0.6) is 0 Å². The van der Waals surface area contributed by atoms with Gasteiger partial charge in [-0.15, -0.1) is 10.2 Å². The Hall–Kier alpha value is -3.02. The summed E-state index contributed by atoms with van der Waals surface area (Å²) in [6, 6.07) is 11.2. The Balaban J connectivity index is 2.12. The van der Waals surface area contributed by atoms with Crippen LogP contribution in [0.4, 0.5) is 11.5 Å². The first-order valence-electron chi connectivity index (χ1n) is 6.75. The number of carboxylic acid groups (broad SMARTS) is 1. The number of benzene rings is 1. The zero-order valence-electron chi connectivity index (χ0n) is 12.2. The Morgan fingerprint density at radius 1 is 1.14 bits per heavy atom. The third kappa shape index (κ3) is 2.46. The van der Waals surface area contributed by atoms with Gasteiger partial charge >= 0.3 is 5.97 Å². The lowest BCUT2D eigenvalue weighted by Crippen LogP contribution is -1.96. The van der Waals surface area contributed by atoms with Gasteiger partial charge in [0.25, 0.3) is 0 Å². The number of hydrogen-bond acceptors (Lipinski definition) is 4. The Kier molecular flexibility index (Phi) is 3.42. The largest absolute Gasteiger partial charge is 0.476 e. The van der Waals surface area contributed by atoms with Crippen molar-refractivity contribution >= 4 is 23.1 Å². The molecule has 1 aromatic carbocycles. The van der Waals surface area contributed by atoms with E-state index in [4.69, 9.17) is 0 Å². The SMILES string of the molecule is Cc1ccc(N=Nc2c(C(=O)O)nc3c(C)cccn23)cc1. The fraction of sp³-hybridized carbons (Fsp3) is 0.125. The number of fused-ring (bicyclic) bond motifs is 1. The van der Waals surface area contributed by atoms with Crippen molar-refractivity contribution in [3.05, 3.63) is 59.4 Å². The van der Waals surface area contributed by atoms with Gasteiger partial charge in [-0.25, -0.2) is 9.78 Å². The molecule has 0 aliphatic rings. The summed E-state index contributed by atoms with van der Waals surface area (Å²) in [6.45, 7) is 3.85. The predicted molar refractivity (Wildman–Crippen MR) is 82.2 cm³/mol. The highest BCUT2D eigenvalue weighted by molar-refractivity contribution is 5.92.